The van der Waals surface area contributed by atoms with Crippen LogP contribution < -0.4 is 21.3 Å². The molecule has 18 heavy (non-hydrogen) atoms. The molecule has 0 saturated carbocycles. The van der Waals surface area contributed by atoms with E-state index in [1.165, 1.54) is 5.56 Å². The molecule has 0 spiro atoms. The van der Waals surface area contributed by atoms with Crippen LogP contribution in [0.1, 0.15) is 31.9 Å². The van der Waals surface area contributed by atoms with Gasteiger partial charge in [-0.3, -0.25) is 5.43 Å². The van der Waals surface area contributed by atoms with Gasteiger partial charge in [-0.1, -0.05) is 19.1 Å². The zero-order valence-electron chi connectivity index (χ0n) is 11.1. The topological polar surface area (TPSA) is 59.3 Å². The summed E-state index contributed by atoms with van der Waals surface area (Å²) in [6, 6.07) is 8.92. The molecule has 4 heteroatoms. The van der Waals surface area contributed by atoms with Gasteiger partial charge in [-0.2, -0.15) is 0 Å². The van der Waals surface area contributed by atoms with Crippen LogP contribution in [0.2, 0.25) is 0 Å². The standard InChI is InChI=1S/C14H23N3O/c1-3-7-18-12-6-4-5-11(8-12)14-13(9-15)10(2)16-17-14/h4-6,8,10,13-14,16-17H,3,7,9,15H2,1-2H3. The Hall–Kier alpha value is -1.10. The number of hydrazine groups is 1. The quantitative estimate of drug-likeness (QED) is 0.741. The van der Waals surface area contributed by atoms with Gasteiger partial charge in [0.25, 0.3) is 0 Å². The molecule has 1 aromatic carbocycles. The molecule has 1 saturated heterocycles. The van der Waals surface area contributed by atoms with Gasteiger partial charge in [0, 0.05) is 12.0 Å². The third-order valence-corrected chi connectivity index (χ3v) is 3.50. The summed E-state index contributed by atoms with van der Waals surface area (Å²) >= 11 is 0. The number of nitrogens with one attached hydrogen (secondary N) is 2. The highest BCUT2D eigenvalue weighted by Crippen LogP contribution is 2.29. The molecule has 0 aliphatic carbocycles. The molecule has 0 bridgehead atoms. The van der Waals surface area contributed by atoms with Gasteiger partial charge < -0.3 is 10.5 Å². The molecule has 1 aliphatic heterocycles. The lowest BCUT2D eigenvalue weighted by molar-refractivity contribution is 0.316. The summed E-state index contributed by atoms with van der Waals surface area (Å²) < 4.78 is 5.67. The lowest BCUT2D eigenvalue weighted by Gasteiger charge is -2.20. The SMILES string of the molecule is CCCOc1cccc(C2NNC(C)C2CN)c1. The van der Waals surface area contributed by atoms with E-state index in [1.807, 2.05) is 12.1 Å². The minimum absolute atomic E-state index is 0.259. The van der Waals surface area contributed by atoms with Crippen LogP contribution in [0.5, 0.6) is 5.75 Å². The van der Waals surface area contributed by atoms with Crippen molar-refractivity contribution in [2.75, 3.05) is 13.2 Å². The summed E-state index contributed by atoms with van der Waals surface area (Å²) in [5.41, 5.74) is 13.7. The summed E-state index contributed by atoms with van der Waals surface area (Å²) in [4.78, 5) is 0. The molecule has 1 heterocycles. The van der Waals surface area contributed by atoms with Gasteiger partial charge in [0.05, 0.1) is 12.6 Å². The van der Waals surface area contributed by atoms with Crippen molar-refractivity contribution in [3.05, 3.63) is 29.8 Å². The smallest absolute Gasteiger partial charge is 0.119 e. The van der Waals surface area contributed by atoms with Gasteiger partial charge in [-0.05, 0) is 37.6 Å². The second kappa shape index (κ2) is 6.18. The van der Waals surface area contributed by atoms with Gasteiger partial charge >= 0.3 is 0 Å². The molecule has 100 valence electrons. The van der Waals surface area contributed by atoms with Crippen molar-refractivity contribution in [1.29, 1.82) is 0 Å². The van der Waals surface area contributed by atoms with Crippen LogP contribution in [0.3, 0.4) is 0 Å². The van der Waals surface area contributed by atoms with Gasteiger partial charge in [0.1, 0.15) is 5.75 Å². The first-order valence-corrected chi connectivity index (χ1v) is 6.70. The third-order valence-electron chi connectivity index (χ3n) is 3.50. The highest BCUT2D eigenvalue weighted by atomic mass is 16.5. The van der Waals surface area contributed by atoms with Gasteiger partial charge in [0.2, 0.25) is 0 Å². The van der Waals surface area contributed by atoms with Gasteiger partial charge in [-0.15, -0.1) is 0 Å². The third kappa shape index (κ3) is 2.83. The number of ether oxygens (including phenoxy) is 1. The fourth-order valence-corrected chi connectivity index (χ4v) is 2.41. The van der Waals surface area contributed by atoms with E-state index in [0.29, 0.717) is 18.5 Å². The van der Waals surface area contributed by atoms with E-state index in [9.17, 15) is 0 Å². The van der Waals surface area contributed by atoms with E-state index in [1.54, 1.807) is 0 Å². The zero-order chi connectivity index (χ0) is 13.0. The molecular weight excluding hydrogens is 226 g/mol. The van der Waals surface area contributed by atoms with Crippen molar-refractivity contribution >= 4 is 0 Å². The summed E-state index contributed by atoms with van der Waals surface area (Å²) in [5, 5.41) is 0. The van der Waals surface area contributed by atoms with E-state index in [4.69, 9.17) is 10.5 Å². The maximum absolute atomic E-state index is 5.86. The van der Waals surface area contributed by atoms with Crippen LogP contribution in [0.4, 0.5) is 0 Å². The Morgan fingerprint density at radius 3 is 2.89 bits per heavy atom. The lowest BCUT2D eigenvalue weighted by Crippen LogP contribution is -2.30. The Morgan fingerprint density at radius 1 is 1.33 bits per heavy atom. The molecule has 4 nitrogen and oxygen atoms in total. The lowest BCUT2D eigenvalue weighted by atomic mass is 9.90. The second-order valence-corrected chi connectivity index (χ2v) is 4.88. The maximum atomic E-state index is 5.86. The Balaban J connectivity index is 2.12. The average molecular weight is 249 g/mol. The van der Waals surface area contributed by atoms with Crippen LogP contribution >= 0.6 is 0 Å². The van der Waals surface area contributed by atoms with Crippen LogP contribution in [0, 0.1) is 5.92 Å². The second-order valence-electron chi connectivity index (χ2n) is 4.88. The minimum Gasteiger partial charge on any atom is -0.494 e. The van der Waals surface area contributed by atoms with Crippen LogP contribution in [-0.4, -0.2) is 19.2 Å². The number of hydrogen-bond donors (Lipinski definition) is 3. The molecule has 1 aliphatic rings. The summed E-state index contributed by atoms with van der Waals surface area (Å²) in [7, 11) is 0. The van der Waals surface area contributed by atoms with E-state index < -0.39 is 0 Å². The zero-order valence-corrected chi connectivity index (χ0v) is 11.1. The molecule has 4 N–H and O–H groups in total. The molecule has 0 radical (unpaired) electrons. The average Bonchev–Trinajstić information content (AvgIpc) is 2.77. The largest absolute Gasteiger partial charge is 0.494 e. The van der Waals surface area contributed by atoms with E-state index in [0.717, 1.165) is 18.8 Å². The Bertz CT molecular complexity index is 383. The molecular formula is C14H23N3O. The van der Waals surface area contributed by atoms with E-state index in [-0.39, 0.29) is 6.04 Å². The first kappa shape index (κ1) is 13.3. The Morgan fingerprint density at radius 2 is 2.17 bits per heavy atom. The minimum atomic E-state index is 0.259. The fourth-order valence-electron chi connectivity index (χ4n) is 2.41. The van der Waals surface area contributed by atoms with Crippen molar-refractivity contribution in [3.8, 4) is 5.75 Å². The molecule has 1 fully saturated rings. The van der Waals surface area contributed by atoms with Crippen molar-refractivity contribution in [3.63, 3.8) is 0 Å². The van der Waals surface area contributed by atoms with Crippen molar-refractivity contribution in [2.24, 2.45) is 11.7 Å². The maximum Gasteiger partial charge on any atom is 0.119 e. The van der Waals surface area contributed by atoms with Crippen LogP contribution in [-0.2, 0) is 0 Å². The molecule has 2 rings (SSSR count). The molecule has 3 atom stereocenters. The summed E-state index contributed by atoms with van der Waals surface area (Å²) in [6.07, 6.45) is 1.02. The van der Waals surface area contributed by atoms with Crippen molar-refractivity contribution < 1.29 is 4.74 Å². The predicted molar refractivity (Wildman–Crippen MR) is 73.2 cm³/mol. The van der Waals surface area contributed by atoms with Crippen LogP contribution in [0.15, 0.2) is 24.3 Å². The number of hydrogen-bond acceptors (Lipinski definition) is 4. The monoisotopic (exact) mass is 249 g/mol. The highest BCUT2D eigenvalue weighted by molar-refractivity contribution is 5.31. The highest BCUT2D eigenvalue weighted by Gasteiger charge is 2.32. The van der Waals surface area contributed by atoms with Gasteiger partial charge in [-0.25, -0.2) is 5.43 Å². The van der Waals surface area contributed by atoms with E-state index in [2.05, 4.69) is 36.8 Å². The van der Waals surface area contributed by atoms with E-state index >= 15 is 0 Å². The van der Waals surface area contributed by atoms with Crippen LogP contribution in [0.25, 0.3) is 0 Å². The van der Waals surface area contributed by atoms with Crippen molar-refractivity contribution in [2.45, 2.75) is 32.4 Å². The Kier molecular flexibility index (Phi) is 4.58. The summed E-state index contributed by atoms with van der Waals surface area (Å²) in [5.74, 6) is 1.35. The first-order valence-electron chi connectivity index (χ1n) is 6.70. The van der Waals surface area contributed by atoms with Crippen molar-refractivity contribution in [1.82, 2.24) is 10.9 Å². The van der Waals surface area contributed by atoms with Gasteiger partial charge in [0.15, 0.2) is 0 Å². The predicted octanol–water partition coefficient (Wildman–Crippen LogP) is 1.59. The fraction of sp³-hybridized carbons (Fsp3) is 0.571. The summed E-state index contributed by atoms with van der Waals surface area (Å²) in [6.45, 7) is 5.70. The first-order chi connectivity index (χ1) is 8.76. The normalized spacial score (nSPS) is 27.4. The molecule has 3 unspecified atom stereocenters. The number of nitrogens with two attached hydrogens (primary N) is 1. The number of rotatable bonds is 5. The molecule has 1 aromatic rings. The molecule has 0 aromatic heterocycles. The Labute approximate surface area is 109 Å². The number of benzene rings is 1. The molecule has 0 amide bonds.